The Labute approximate surface area is 152 Å². The van der Waals surface area contributed by atoms with Gasteiger partial charge in [0.25, 0.3) is 0 Å². The molecule has 130 valence electrons. The fourth-order valence-corrected chi connectivity index (χ4v) is 2.66. The Bertz CT molecular complexity index is 234. The first-order valence-corrected chi connectivity index (χ1v) is 9.09. The Kier molecular flexibility index (Phi) is 21.3. The van der Waals surface area contributed by atoms with E-state index < -0.39 is 12.1 Å². The number of hydrogen-bond donors (Lipinski definition) is 2. The van der Waals surface area contributed by atoms with Crippen LogP contribution < -0.4 is 0 Å². The van der Waals surface area contributed by atoms with Gasteiger partial charge in [-0.25, -0.2) is 4.79 Å². The fraction of sp³-hybridized carbons (Fsp3) is 0.944. The number of aliphatic hydroxyl groups excluding tert-OH is 1. The van der Waals surface area contributed by atoms with Gasteiger partial charge in [0, 0.05) is 21.7 Å². The SMILES string of the molecule is CCCCCCCCCCCCCCCCC(O)C(=O)O.[Ti]. The minimum absolute atomic E-state index is 0. The van der Waals surface area contributed by atoms with E-state index in [0.717, 1.165) is 12.8 Å². The van der Waals surface area contributed by atoms with Crippen molar-refractivity contribution >= 4 is 5.97 Å². The van der Waals surface area contributed by atoms with Crippen molar-refractivity contribution in [2.75, 3.05) is 0 Å². The third kappa shape index (κ3) is 18.2. The van der Waals surface area contributed by atoms with Crippen LogP contribution in [-0.2, 0) is 26.5 Å². The summed E-state index contributed by atoms with van der Waals surface area (Å²) in [7, 11) is 0. The van der Waals surface area contributed by atoms with Gasteiger partial charge in [0.15, 0.2) is 6.10 Å². The molecule has 3 nitrogen and oxygen atoms in total. The van der Waals surface area contributed by atoms with Crippen LogP contribution in [-0.4, -0.2) is 22.3 Å². The molecule has 0 spiro atoms. The predicted molar refractivity (Wildman–Crippen MR) is 88.6 cm³/mol. The van der Waals surface area contributed by atoms with Crippen molar-refractivity contribution in [2.24, 2.45) is 0 Å². The summed E-state index contributed by atoms with van der Waals surface area (Å²) >= 11 is 0. The Morgan fingerprint density at radius 3 is 1.36 bits per heavy atom. The van der Waals surface area contributed by atoms with E-state index in [9.17, 15) is 4.79 Å². The minimum Gasteiger partial charge on any atom is -0.479 e. The van der Waals surface area contributed by atoms with Gasteiger partial charge in [-0.05, 0) is 6.42 Å². The average Bonchev–Trinajstić information content (AvgIpc) is 2.47. The molecule has 0 bridgehead atoms. The van der Waals surface area contributed by atoms with E-state index >= 15 is 0 Å². The number of carboxylic acid groups (broad SMARTS) is 1. The van der Waals surface area contributed by atoms with Gasteiger partial charge in [0.05, 0.1) is 0 Å². The molecule has 0 aliphatic rings. The predicted octanol–water partition coefficient (Wildman–Crippen LogP) is 5.30. The van der Waals surface area contributed by atoms with Crippen LogP contribution in [0.25, 0.3) is 0 Å². The summed E-state index contributed by atoms with van der Waals surface area (Å²) in [6.45, 7) is 2.26. The molecule has 2 N–H and O–H groups in total. The molecule has 1 unspecified atom stereocenters. The second kappa shape index (κ2) is 19.2. The van der Waals surface area contributed by atoms with Gasteiger partial charge in [-0.2, -0.15) is 0 Å². The Morgan fingerprint density at radius 2 is 1.05 bits per heavy atom. The van der Waals surface area contributed by atoms with Crippen molar-refractivity contribution in [3.63, 3.8) is 0 Å². The summed E-state index contributed by atoms with van der Waals surface area (Å²) in [5.74, 6) is -1.09. The van der Waals surface area contributed by atoms with E-state index in [1.54, 1.807) is 0 Å². The number of unbranched alkanes of at least 4 members (excludes halogenated alkanes) is 13. The van der Waals surface area contributed by atoms with Crippen LogP contribution >= 0.6 is 0 Å². The van der Waals surface area contributed by atoms with E-state index in [0.29, 0.717) is 6.42 Å². The quantitative estimate of drug-likeness (QED) is 0.294. The zero-order valence-electron chi connectivity index (χ0n) is 14.5. The van der Waals surface area contributed by atoms with Crippen molar-refractivity contribution in [1.29, 1.82) is 0 Å². The normalized spacial score (nSPS) is 11.9. The van der Waals surface area contributed by atoms with Gasteiger partial charge < -0.3 is 10.2 Å². The van der Waals surface area contributed by atoms with Gasteiger partial charge >= 0.3 is 5.97 Å². The number of carboxylic acids is 1. The van der Waals surface area contributed by atoms with E-state index in [1.807, 2.05) is 0 Å². The summed E-state index contributed by atoms with van der Waals surface area (Å²) in [5.41, 5.74) is 0. The second-order valence-corrected chi connectivity index (χ2v) is 6.24. The van der Waals surface area contributed by atoms with Gasteiger partial charge in [0.1, 0.15) is 0 Å². The smallest absolute Gasteiger partial charge is 0.332 e. The number of rotatable bonds is 16. The molecule has 0 aliphatic carbocycles. The molecule has 4 heteroatoms. The zero-order valence-corrected chi connectivity index (χ0v) is 16.0. The van der Waals surface area contributed by atoms with Crippen LogP contribution in [0.4, 0.5) is 0 Å². The second-order valence-electron chi connectivity index (χ2n) is 6.24. The average molecular weight is 348 g/mol. The Hall–Kier alpha value is 0.144. The summed E-state index contributed by atoms with van der Waals surface area (Å²) in [5, 5.41) is 17.7. The topological polar surface area (TPSA) is 57.5 Å². The Morgan fingerprint density at radius 1 is 0.727 bits per heavy atom. The van der Waals surface area contributed by atoms with Gasteiger partial charge in [-0.15, -0.1) is 0 Å². The first kappa shape index (κ1) is 24.4. The molecule has 0 saturated heterocycles. The minimum atomic E-state index is -1.16. The third-order valence-corrected chi connectivity index (χ3v) is 4.12. The van der Waals surface area contributed by atoms with Gasteiger partial charge in [-0.3, -0.25) is 0 Å². The van der Waals surface area contributed by atoms with Crippen molar-refractivity contribution < 1.29 is 36.7 Å². The number of aliphatic hydroxyl groups is 1. The van der Waals surface area contributed by atoms with Crippen molar-refractivity contribution in [3.8, 4) is 0 Å². The molecule has 0 rings (SSSR count). The summed E-state index contributed by atoms with van der Waals surface area (Å²) in [6.07, 6.45) is 17.3. The van der Waals surface area contributed by atoms with Gasteiger partial charge in [-0.1, -0.05) is 96.8 Å². The molecule has 0 aromatic heterocycles. The van der Waals surface area contributed by atoms with Crippen molar-refractivity contribution in [3.05, 3.63) is 0 Å². The van der Waals surface area contributed by atoms with Crippen LogP contribution in [0.1, 0.15) is 103 Å². The molecular formula is C18H36O3Ti. The molecule has 0 fully saturated rings. The maximum atomic E-state index is 10.4. The Balaban J connectivity index is 0. The van der Waals surface area contributed by atoms with E-state index in [2.05, 4.69) is 6.92 Å². The van der Waals surface area contributed by atoms with Crippen LogP contribution in [0.15, 0.2) is 0 Å². The van der Waals surface area contributed by atoms with Crippen LogP contribution in [0.2, 0.25) is 0 Å². The molecular weight excluding hydrogens is 312 g/mol. The van der Waals surface area contributed by atoms with E-state index in [-0.39, 0.29) is 21.7 Å². The van der Waals surface area contributed by atoms with Crippen LogP contribution in [0.3, 0.4) is 0 Å². The fourth-order valence-electron chi connectivity index (χ4n) is 2.66. The van der Waals surface area contributed by atoms with Crippen molar-refractivity contribution in [1.82, 2.24) is 0 Å². The molecule has 0 aromatic carbocycles. The molecule has 0 amide bonds. The summed E-state index contributed by atoms with van der Waals surface area (Å²) < 4.78 is 0. The van der Waals surface area contributed by atoms with Gasteiger partial charge in [0.2, 0.25) is 0 Å². The molecule has 0 radical (unpaired) electrons. The number of aliphatic carboxylic acids is 1. The molecule has 1 atom stereocenters. The first-order valence-electron chi connectivity index (χ1n) is 9.09. The molecule has 22 heavy (non-hydrogen) atoms. The molecule has 0 aliphatic heterocycles. The maximum Gasteiger partial charge on any atom is 0.332 e. The van der Waals surface area contributed by atoms with Crippen LogP contribution in [0, 0.1) is 0 Å². The summed E-state index contributed by atoms with van der Waals surface area (Å²) in [6, 6.07) is 0. The van der Waals surface area contributed by atoms with E-state index in [4.69, 9.17) is 10.2 Å². The third-order valence-electron chi connectivity index (χ3n) is 4.12. The monoisotopic (exact) mass is 348 g/mol. The zero-order chi connectivity index (χ0) is 15.8. The van der Waals surface area contributed by atoms with Crippen molar-refractivity contribution in [2.45, 2.75) is 109 Å². The number of hydrogen-bond acceptors (Lipinski definition) is 2. The standard InChI is InChI=1S/C18H36O3.Ti/c1-2-3-4-5-6-7-8-9-10-11-12-13-14-15-16-17(19)18(20)21;/h17,19H,2-16H2,1H3,(H,20,21);. The summed E-state index contributed by atoms with van der Waals surface area (Å²) in [4.78, 5) is 10.4. The largest absolute Gasteiger partial charge is 0.479 e. The molecule has 0 aromatic rings. The first-order chi connectivity index (χ1) is 10.2. The van der Waals surface area contributed by atoms with Crippen LogP contribution in [0.5, 0.6) is 0 Å². The maximum absolute atomic E-state index is 10.4. The van der Waals surface area contributed by atoms with E-state index in [1.165, 1.54) is 77.0 Å². The molecule has 0 saturated carbocycles. The molecule has 0 heterocycles. The number of carbonyl (C=O) groups is 1.